The third-order valence-electron chi connectivity index (χ3n) is 3.96. The number of carbonyl (C=O) groups is 1. The summed E-state index contributed by atoms with van der Waals surface area (Å²) in [6, 6.07) is 1.36. The Morgan fingerprint density at radius 3 is 2.74 bits per heavy atom. The Bertz CT molecular complexity index is 603. The standard InChI is InChI=1S/C15H24N4O4/c1-14(2,3)23-13(20)12-10(8-16-15(12,4)5)9-18-7-6-11(17-18)19(21)22/h6-7,10,12,16H,8-9H2,1-5H3/t10?,12-/m0/s1. The van der Waals surface area contributed by atoms with Gasteiger partial charge in [0.05, 0.1) is 29.8 Å². The number of hydrogen-bond donors (Lipinski definition) is 1. The van der Waals surface area contributed by atoms with E-state index in [2.05, 4.69) is 10.4 Å². The SMILES string of the molecule is CC(C)(C)OC(=O)[C@@H]1C(Cn2ccc([N+](=O)[O-])n2)CNC1(C)C. The van der Waals surface area contributed by atoms with Gasteiger partial charge in [0.1, 0.15) is 5.60 Å². The number of aromatic nitrogens is 2. The Morgan fingerprint density at radius 1 is 1.57 bits per heavy atom. The van der Waals surface area contributed by atoms with Crippen LogP contribution in [0.3, 0.4) is 0 Å². The first-order chi connectivity index (χ1) is 10.5. The van der Waals surface area contributed by atoms with Crippen LogP contribution >= 0.6 is 0 Å². The highest BCUT2D eigenvalue weighted by Gasteiger charge is 2.48. The molecule has 2 rings (SSSR count). The van der Waals surface area contributed by atoms with Gasteiger partial charge in [-0.1, -0.05) is 0 Å². The molecule has 1 aromatic rings. The molecule has 1 aliphatic heterocycles. The first-order valence-corrected chi connectivity index (χ1v) is 7.65. The monoisotopic (exact) mass is 324 g/mol. The molecule has 0 spiro atoms. The molecule has 0 aliphatic carbocycles. The molecule has 0 radical (unpaired) electrons. The smallest absolute Gasteiger partial charge is 0.389 e. The molecule has 0 amide bonds. The lowest BCUT2D eigenvalue weighted by Gasteiger charge is -2.31. The molecule has 2 atom stereocenters. The summed E-state index contributed by atoms with van der Waals surface area (Å²) < 4.78 is 7.07. The lowest BCUT2D eigenvalue weighted by atomic mass is 9.82. The van der Waals surface area contributed by atoms with Crippen LogP contribution in [0, 0.1) is 22.0 Å². The van der Waals surface area contributed by atoms with Gasteiger partial charge in [-0.2, -0.15) is 4.68 Å². The van der Waals surface area contributed by atoms with Gasteiger partial charge < -0.3 is 20.2 Å². The fourth-order valence-corrected chi connectivity index (χ4v) is 3.02. The van der Waals surface area contributed by atoms with Crippen molar-refractivity contribution in [3.8, 4) is 0 Å². The molecule has 8 nitrogen and oxygen atoms in total. The molecule has 8 heteroatoms. The summed E-state index contributed by atoms with van der Waals surface area (Å²) in [7, 11) is 0. The van der Waals surface area contributed by atoms with Crippen LogP contribution in [-0.2, 0) is 16.1 Å². The van der Waals surface area contributed by atoms with Crippen molar-refractivity contribution >= 4 is 11.8 Å². The molecule has 1 saturated heterocycles. The Kier molecular flexibility index (Phi) is 4.48. The molecule has 128 valence electrons. The van der Waals surface area contributed by atoms with E-state index in [0.717, 1.165) is 0 Å². The Morgan fingerprint density at radius 2 is 2.22 bits per heavy atom. The van der Waals surface area contributed by atoms with Crippen LogP contribution in [0.25, 0.3) is 0 Å². The summed E-state index contributed by atoms with van der Waals surface area (Å²) in [5.74, 6) is -0.826. The van der Waals surface area contributed by atoms with Crippen LogP contribution in [0.5, 0.6) is 0 Å². The van der Waals surface area contributed by atoms with Gasteiger partial charge in [0.25, 0.3) is 0 Å². The van der Waals surface area contributed by atoms with Crippen LogP contribution in [-0.4, -0.2) is 38.4 Å². The van der Waals surface area contributed by atoms with Crippen molar-refractivity contribution in [1.29, 1.82) is 0 Å². The van der Waals surface area contributed by atoms with Crippen LogP contribution in [0.4, 0.5) is 5.82 Å². The van der Waals surface area contributed by atoms with E-state index in [1.54, 1.807) is 6.20 Å². The Hall–Kier alpha value is -1.96. The maximum absolute atomic E-state index is 12.6. The minimum absolute atomic E-state index is 0.0423. The van der Waals surface area contributed by atoms with E-state index in [1.165, 1.54) is 10.7 Å². The third-order valence-corrected chi connectivity index (χ3v) is 3.96. The van der Waals surface area contributed by atoms with Crippen LogP contribution in [0.15, 0.2) is 12.3 Å². The summed E-state index contributed by atoms with van der Waals surface area (Å²) in [5, 5.41) is 18.0. The van der Waals surface area contributed by atoms with Crippen molar-refractivity contribution in [2.24, 2.45) is 11.8 Å². The number of nitrogens with one attached hydrogen (secondary N) is 1. The van der Waals surface area contributed by atoms with E-state index in [0.29, 0.717) is 13.1 Å². The quantitative estimate of drug-likeness (QED) is 0.514. The third kappa shape index (κ3) is 4.07. The molecule has 2 heterocycles. The number of ether oxygens (including phenoxy) is 1. The van der Waals surface area contributed by atoms with Crippen molar-refractivity contribution in [2.75, 3.05) is 6.54 Å². The second kappa shape index (κ2) is 5.92. The molecule has 1 unspecified atom stereocenters. The second-order valence-corrected chi connectivity index (χ2v) is 7.53. The fraction of sp³-hybridized carbons (Fsp3) is 0.733. The summed E-state index contributed by atoms with van der Waals surface area (Å²) in [6.07, 6.45) is 1.57. The first kappa shape index (κ1) is 17.4. The zero-order valence-corrected chi connectivity index (χ0v) is 14.2. The van der Waals surface area contributed by atoms with E-state index < -0.39 is 16.1 Å². The highest BCUT2D eigenvalue weighted by atomic mass is 16.6. The number of rotatable bonds is 4. The predicted molar refractivity (Wildman–Crippen MR) is 83.8 cm³/mol. The average molecular weight is 324 g/mol. The molecule has 0 bridgehead atoms. The highest BCUT2D eigenvalue weighted by molar-refractivity contribution is 5.75. The van der Waals surface area contributed by atoms with Crippen LogP contribution in [0.2, 0.25) is 0 Å². The number of esters is 1. The molecule has 1 aromatic heterocycles. The molecule has 1 aliphatic rings. The molecular weight excluding hydrogens is 300 g/mol. The summed E-state index contributed by atoms with van der Waals surface area (Å²) in [6.45, 7) is 10.5. The first-order valence-electron chi connectivity index (χ1n) is 7.65. The molecule has 0 aromatic carbocycles. The second-order valence-electron chi connectivity index (χ2n) is 7.53. The molecule has 23 heavy (non-hydrogen) atoms. The summed E-state index contributed by atoms with van der Waals surface area (Å²) in [5.41, 5.74) is -0.948. The van der Waals surface area contributed by atoms with Crippen molar-refractivity contribution < 1.29 is 14.5 Å². The zero-order valence-electron chi connectivity index (χ0n) is 14.2. The van der Waals surface area contributed by atoms with E-state index in [4.69, 9.17) is 4.74 Å². The Balaban J connectivity index is 2.16. The maximum atomic E-state index is 12.6. The zero-order chi connectivity index (χ0) is 17.4. The van der Waals surface area contributed by atoms with Gasteiger partial charge in [-0.05, 0) is 39.5 Å². The molecular formula is C15H24N4O4. The van der Waals surface area contributed by atoms with Gasteiger partial charge in [0, 0.05) is 18.0 Å². The maximum Gasteiger partial charge on any atom is 0.389 e. The van der Waals surface area contributed by atoms with E-state index in [1.807, 2.05) is 34.6 Å². The highest BCUT2D eigenvalue weighted by Crippen LogP contribution is 2.34. The number of carbonyl (C=O) groups excluding carboxylic acids is 1. The molecule has 1 N–H and O–H groups in total. The van der Waals surface area contributed by atoms with Gasteiger partial charge in [-0.3, -0.25) is 4.79 Å². The van der Waals surface area contributed by atoms with Gasteiger partial charge in [-0.25, -0.2) is 0 Å². The van der Waals surface area contributed by atoms with Crippen LogP contribution < -0.4 is 5.32 Å². The minimum Gasteiger partial charge on any atom is -0.460 e. The van der Waals surface area contributed by atoms with Crippen molar-refractivity contribution in [1.82, 2.24) is 15.1 Å². The number of hydrogen-bond acceptors (Lipinski definition) is 6. The van der Waals surface area contributed by atoms with Crippen molar-refractivity contribution in [3.63, 3.8) is 0 Å². The average Bonchev–Trinajstić information content (AvgIpc) is 2.92. The van der Waals surface area contributed by atoms with E-state index in [-0.39, 0.29) is 23.6 Å². The van der Waals surface area contributed by atoms with Gasteiger partial charge in [0.2, 0.25) is 0 Å². The Labute approximate surface area is 135 Å². The van der Waals surface area contributed by atoms with E-state index >= 15 is 0 Å². The normalized spacial score (nSPS) is 23.7. The summed E-state index contributed by atoms with van der Waals surface area (Å²) in [4.78, 5) is 22.8. The topological polar surface area (TPSA) is 99.3 Å². The number of nitro groups is 1. The largest absolute Gasteiger partial charge is 0.460 e. The number of nitrogens with zero attached hydrogens (tertiary/aromatic N) is 3. The molecule has 1 fully saturated rings. The van der Waals surface area contributed by atoms with Crippen LogP contribution in [0.1, 0.15) is 34.6 Å². The van der Waals surface area contributed by atoms with Crippen molar-refractivity contribution in [2.45, 2.75) is 52.3 Å². The van der Waals surface area contributed by atoms with Crippen molar-refractivity contribution in [3.05, 3.63) is 22.4 Å². The van der Waals surface area contributed by atoms with E-state index in [9.17, 15) is 14.9 Å². The van der Waals surface area contributed by atoms with Gasteiger partial charge >= 0.3 is 11.8 Å². The van der Waals surface area contributed by atoms with Gasteiger partial charge in [0.15, 0.2) is 0 Å². The predicted octanol–water partition coefficient (Wildman–Crippen LogP) is 1.75. The molecule has 0 saturated carbocycles. The van der Waals surface area contributed by atoms with Gasteiger partial charge in [-0.15, -0.1) is 0 Å². The lowest BCUT2D eigenvalue weighted by Crippen LogP contribution is -2.45. The lowest BCUT2D eigenvalue weighted by molar-refractivity contribution is -0.389. The minimum atomic E-state index is -0.551. The fourth-order valence-electron chi connectivity index (χ4n) is 3.02. The summed E-state index contributed by atoms with van der Waals surface area (Å²) >= 11 is 0.